The molecule has 0 aliphatic heterocycles. The molecule has 1 saturated carbocycles. The van der Waals surface area contributed by atoms with Crippen LogP contribution in [0.15, 0.2) is 0 Å². The summed E-state index contributed by atoms with van der Waals surface area (Å²) in [5.74, 6) is -3.09. The molecule has 1 nitrogen and oxygen atoms in total. The predicted octanol–water partition coefficient (Wildman–Crippen LogP) is 2.16. The largest absolute Gasteiger partial charge is 0.327 e. The fourth-order valence-corrected chi connectivity index (χ4v) is 1.77. The van der Waals surface area contributed by atoms with Gasteiger partial charge in [-0.2, -0.15) is 0 Å². The van der Waals surface area contributed by atoms with E-state index in [1.54, 1.807) is 6.92 Å². The number of hydrogen-bond donors (Lipinski definition) is 1. The zero-order valence-electron chi connectivity index (χ0n) is 6.82. The summed E-state index contributed by atoms with van der Waals surface area (Å²) >= 11 is 0. The van der Waals surface area contributed by atoms with E-state index in [4.69, 9.17) is 5.73 Å². The molecule has 0 heterocycles. The normalized spacial score (nSPS) is 33.3. The van der Waals surface area contributed by atoms with E-state index < -0.39 is 11.8 Å². The first-order valence-corrected chi connectivity index (χ1v) is 4.17. The lowest BCUT2D eigenvalue weighted by molar-refractivity contribution is -0.0919. The molecular formula is C8H15F2N. The van der Waals surface area contributed by atoms with Gasteiger partial charge in [0.05, 0.1) is 0 Å². The fraction of sp³-hybridized carbons (Fsp3) is 1.00. The van der Waals surface area contributed by atoms with Crippen LogP contribution in [-0.4, -0.2) is 12.0 Å². The van der Waals surface area contributed by atoms with Crippen molar-refractivity contribution in [2.45, 2.75) is 44.6 Å². The lowest BCUT2D eigenvalue weighted by Gasteiger charge is -2.33. The van der Waals surface area contributed by atoms with Gasteiger partial charge < -0.3 is 5.73 Å². The molecule has 0 radical (unpaired) electrons. The molecule has 1 aliphatic rings. The highest BCUT2D eigenvalue weighted by molar-refractivity contribution is 4.86. The predicted molar refractivity (Wildman–Crippen MR) is 40.6 cm³/mol. The van der Waals surface area contributed by atoms with Gasteiger partial charge in [0.25, 0.3) is 5.92 Å². The molecule has 0 aromatic carbocycles. The second-order valence-corrected chi connectivity index (χ2v) is 3.47. The van der Waals surface area contributed by atoms with Crippen LogP contribution in [0.25, 0.3) is 0 Å². The molecule has 1 aliphatic carbocycles. The molecule has 3 heteroatoms. The first kappa shape index (κ1) is 8.91. The smallest absolute Gasteiger partial charge is 0.252 e. The lowest BCUT2D eigenvalue weighted by Crippen LogP contribution is -2.42. The van der Waals surface area contributed by atoms with Crippen LogP contribution in [0.4, 0.5) is 8.78 Å². The number of rotatable bonds is 1. The summed E-state index contributed by atoms with van der Waals surface area (Å²) in [7, 11) is 0. The van der Waals surface area contributed by atoms with E-state index in [9.17, 15) is 8.78 Å². The van der Waals surface area contributed by atoms with E-state index in [2.05, 4.69) is 0 Å². The Bertz CT molecular complexity index is 134. The van der Waals surface area contributed by atoms with Gasteiger partial charge in [-0.1, -0.05) is 6.42 Å². The van der Waals surface area contributed by atoms with Crippen molar-refractivity contribution in [1.29, 1.82) is 0 Å². The van der Waals surface area contributed by atoms with E-state index in [0.29, 0.717) is 12.8 Å². The van der Waals surface area contributed by atoms with Gasteiger partial charge in [-0.15, -0.1) is 0 Å². The average molecular weight is 163 g/mol. The Hall–Kier alpha value is -0.180. The van der Waals surface area contributed by atoms with Gasteiger partial charge in [-0.25, -0.2) is 8.78 Å². The molecule has 0 aromatic rings. The van der Waals surface area contributed by atoms with Crippen LogP contribution in [0.2, 0.25) is 0 Å². The van der Waals surface area contributed by atoms with Crippen LogP contribution in [0.5, 0.6) is 0 Å². The molecule has 2 N–H and O–H groups in total. The highest BCUT2D eigenvalue weighted by atomic mass is 19.3. The van der Waals surface area contributed by atoms with Crippen molar-refractivity contribution in [3.63, 3.8) is 0 Å². The van der Waals surface area contributed by atoms with Crippen LogP contribution >= 0.6 is 0 Å². The minimum atomic E-state index is -2.51. The Kier molecular flexibility index (Phi) is 2.47. The standard InChI is InChI=1S/C8H15F2N/c1-6(11)7-4-2-3-5-8(7,9)10/h6-7H,2-5,11H2,1H3. The average Bonchev–Trinajstić information content (AvgIpc) is 1.85. The summed E-state index contributed by atoms with van der Waals surface area (Å²) in [5.41, 5.74) is 5.46. The Morgan fingerprint density at radius 1 is 1.45 bits per heavy atom. The highest BCUT2D eigenvalue weighted by Crippen LogP contribution is 2.39. The van der Waals surface area contributed by atoms with Crippen LogP contribution in [0.3, 0.4) is 0 Å². The Labute approximate surface area is 66.0 Å². The molecular weight excluding hydrogens is 148 g/mol. The fourth-order valence-electron chi connectivity index (χ4n) is 1.77. The molecule has 1 fully saturated rings. The van der Waals surface area contributed by atoms with E-state index in [1.807, 2.05) is 0 Å². The zero-order chi connectivity index (χ0) is 8.48. The van der Waals surface area contributed by atoms with E-state index in [-0.39, 0.29) is 12.5 Å². The van der Waals surface area contributed by atoms with Crippen LogP contribution in [-0.2, 0) is 0 Å². The molecule has 0 aromatic heterocycles. The summed E-state index contributed by atoms with van der Waals surface area (Å²) in [6.07, 6.45) is 2.17. The first-order valence-electron chi connectivity index (χ1n) is 4.17. The summed E-state index contributed by atoms with van der Waals surface area (Å²) in [4.78, 5) is 0. The third kappa shape index (κ3) is 1.89. The van der Waals surface area contributed by atoms with E-state index in [0.717, 1.165) is 6.42 Å². The van der Waals surface area contributed by atoms with Gasteiger partial charge in [0.2, 0.25) is 0 Å². The van der Waals surface area contributed by atoms with Gasteiger partial charge in [0.1, 0.15) is 0 Å². The summed E-state index contributed by atoms with van der Waals surface area (Å²) in [6, 6.07) is -0.370. The molecule has 2 atom stereocenters. The topological polar surface area (TPSA) is 26.0 Å². The summed E-state index contributed by atoms with van der Waals surface area (Å²) in [5, 5.41) is 0. The third-order valence-corrected chi connectivity index (χ3v) is 2.45. The second kappa shape index (κ2) is 3.05. The van der Waals surface area contributed by atoms with Crippen molar-refractivity contribution in [3.05, 3.63) is 0 Å². The van der Waals surface area contributed by atoms with Crippen LogP contribution < -0.4 is 5.73 Å². The van der Waals surface area contributed by atoms with Gasteiger partial charge in [-0.3, -0.25) is 0 Å². The molecule has 0 amide bonds. The third-order valence-electron chi connectivity index (χ3n) is 2.45. The number of nitrogens with two attached hydrogens (primary N) is 1. The van der Waals surface area contributed by atoms with Crippen molar-refractivity contribution in [3.8, 4) is 0 Å². The minimum Gasteiger partial charge on any atom is -0.327 e. The van der Waals surface area contributed by atoms with E-state index in [1.165, 1.54) is 0 Å². The Morgan fingerprint density at radius 3 is 2.45 bits per heavy atom. The van der Waals surface area contributed by atoms with Crippen molar-refractivity contribution in [1.82, 2.24) is 0 Å². The van der Waals surface area contributed by atoms with Crippen LogP contribution in [0, 0.1) is 5.92 Å². The lowest BCUT2D eigenvalue weighted by atomic mass is 9.81. The molecule has 0 saturated heterocycles. The van der Waals surface area contributed by atoms with Gasteiger partial charge in [-0.05, 0) is 19.8 Å². The maximum absolute atomic E-state index is 13.0. The quantitative estimate of drug-likeness (QED) is 0.629. The van der Waals surface area contributed by atoms with Crippen molar-refractivity contribution >= 4 is 0 Å². The molecule has 66 valence electrons. The van der Waals surface area contributed by atoms with Gasteiger partial charge >= 0.3 is 0 Å². The van der Waals surface area contributed by atoms with Crippen molar-refractivity contribution < 1.29 is 8.78 Å². The van der Waals surface area contributed by atoms with E-state index >= 15 is 0 Å². The molecule has 11 heavy (non-hydrogen) atoms. The first-order chi connectivity index (χ1) is 5.04. The van der Waals surface area contributed by atoms with Gasteiger partial charge in [0, 0.05) is 18.4 Å². The number of alkyl halides is 2. The van der Waals surface area contributed by atoms with Gasteiger partial charge in [0.15, 0.2) is 0 Å². The molecule has 1 rings (SSSR count). The maximum atomic E-state index is 13.0. The zero-order valence-corrected chi connectivity index (χ0v) is 6.82. The number of halogens is 2. The monoisotopic (exact) mass is 163 g/mol. The second-order valence-electron chi connectivity index (χ2n) is 3.47. The maximum Gasteiger partial charge on any atom is 0.252 e. The SMILES string of the molecule is CC(N)C1CCCCC1(F)F. The van der Waals surface area contributed by atoms with Crippen molar-refractivity contribution in [2.75, 3.05) is 0 Å². The molecule has 0 spiro atoms. The minimum absolute atomic E-state index is 0.0270. The number of hydrogen-bond acceptors (Lipinski definition) is 1. The summed E-state index contributed by atoms with van der Waals surface area (Å²) < 4.78 is 26.1. The molecule has 0 bridgehead atoms. The Morgan fingerprint density at radius 2 is 2.09 bits per heavy atom. The highest BCUT2D eigenvalue weighted by Gasteiger charge is 2.42. The molecule has 2 unspecified atom stereocenters. The summed E-state index contributed by atoms with van der Waals surface area (Å²) in [6.45, 7) is 1.67. The van der Waals surface area contributed by atoms with Crippen molar-refractivity contribution in [2.24, 2.45) is 11.7 Å². The Balaban J connectivity index is 2.60. The van der Waals surface area contributed by atoms with Crippen LogP contribution in [0.1, 0.15) is 32.6 Å².